The smallest absolute Gasteiger partial charge is 0.338 e. The van der Waals surface area contributed by atoms with Gasteiger partial charge in [0.25, 0.3) is 15.9 Å². The highest BCUT2D eigenvalue weighted by Crippen LogP contribution is 2.20. The average molecular weight is 469 g/mol. The topological polar surface area (TPSA) is 102 Å². The minimum absolute atomic E-state index is 0.0168. The second-order valence-electron chi connectivity index (χ2n) is 6.91. The number of carbonyl (C=O) groups excluding carboxylic acids is 2. The third-order valence-electron chi connectivity index (χ3n) is 4.73. The van der Waals surface area contributed by atoms with Gasteiger partial charge < -0.3 is 14.4 Å². The van der Waals surface area contributed by atoms with E-state index in [4.69, 9.17) is 9.47 Å². The largest absolute Gasteiger partial charge is 0.497 e. The maximum Gasteiger partial charge on any atom is 0.338 e. The van der Waals surface area contributed by atoms with Gasteiger partial charge in [0.15, 0.2) is 6.61 Å². The van der Waals surface area contributed by atoms with Crippen LogP contribution in [0.3, 0.4) is 0 Å². The van der Waals surface area contributed by atoms with Crippen LogP contribution in [0, 0.1) is 0 Å². The van der Waals surface area contributed by atoms with Crippen LogP contribution in [-0.4, -0.2) is 40.6 Å². The fraction of sp³-hybridized carbons (Fsp3) is 0.167. The van der Waals surface area contributed by atoms with Crippen LogP contribution in [0.4, 0.5) is 11.4 Å². The van der Waals surface area contributed by atoms with Crippen LogP contribution < -0.4 is 14.4 Å². The molecular weight excluding hydrogens is 444 g/mol. The monoisotopic (exact) mass is 468 g/mol. The Balaban J connectivity index is 1.67. The van der Waals surface area contributed by atoms with Crippen molar-refractivity contribution in [3.63, 3.8) is 0 Å². The molecule has 3 aromatic rings. The molecule has 0 saturated carbocycles. The molecule has 0 saturated heterocycles. The maximum atomic E-state index is 12.7. The van der Waals surface area contributed by atoms with Gasteiger partial charge in [-0.2, -0.15) is 0 Å². The summed E-state index contributed by atoms with van der Waals surface area (Å²) in [5, 5.41) is 0. The fourth-order valence-electron chi connectivity index (χ4n) is 3.06. The Bertz CT molecular complexity index is 1210. The molecule has 0 aromatic heterocycles. The third-order valence-corrected chi connectivity index (χ3v) is 6.11. The number of nitrogens with one attached hydrogen (secondary N) is 1. The molecule has 1 amide bonds. The first kappa shape index (κ1) is 23.8. The summed E-state index contributed by atoms with van der Waals surface area (Å²) < 4.78 is 38.1. The molecule has 0 unspecified atom stereocenters. The van der Waals surface area contributed by atoms with E-state index in [1.165, 1.54) is 36.3 Å². The number of amides is 1. The van der Waals surface area contributed by atoms with Crippen molar-refractivity contribution in [1.82, 2.24) is 0 Å². The summed E-state index contributed by atoms with van der Waals surface area (Å²) >= 11 is 0. The van der Waals surface area contributed by atoms with E-state index in [2.05, 4.69) is 4.72 Å². The number of benzene rings is 3. The molecule has 1 N–H and O–H groups in total. The van der Waals surface area contributed by atoms with Gasteiger partial charge in [0, 0.05) is 17.9 Å². The molecule has 0 aliphatic rings. The summed E-state index contributed by atoms with van der Waals surface area (Å²) in [6.45, 7) is 1.75. The standard InChI is InChI=1S/C24H24N2O6S/c1-3-26(20-9-5-4-6-10-20)23(27)17-32-24(28)18-8-7-11-22(16-18)33(29,30)25-19-12-14-21(31-2)15-13-19/h4-16,25H,3,17H2,1-2H3. The zero-order valence-electron chi connectivity index (χ0n) is 18.2. The van der Waals surface area contributed by atoms with Crippen molar-refractivity contribution in [3.8, 4) is 5.75 Å². The summed E-state index contributed by atoms with van der Waals surface area (Å²) in [5.74, 6) is -0.595. The number of hydrogen-bond donors (Lipinski definition) is 1. The van der Waals surface area contributed by atoms with Gasteiger partial charge in [0.2, 0.25) is 0 Å². The number of para-hydroxylation sites is 1. The first-order valence-corrected chi connectivity index (χ1v) is 11.6. The van der Waals surface area contributed by atoms with Gasteiger partial charge in [-0.25, -0.2) is 13.2 Å². The predicted octanol–water partition coefficient (Wildman–Crippen LogP) is 3.71. The van der Waals surface area contributed by atoms with Crippen molar-refractivity contribution < 1.29 is 27.5 Å². The second-order valence-corrected chi connectivity index (χ2v) is 8.59. The number of sulfonamides is 1. The Morgan fingerprint density at radius 2 is 1.64 bits per heavy atom. The lowest BCUT2D eigenvalue weighted by molar-refractivity contribution is -0.121. The van der Waals surface area contributed by atoms with E-state index < -0.39 is 22.6 Å². The van der Waals surface area contributed by atoms with E-state index in [0.717, 1.165) is 0 Å². The van der Waals surface area contributed by atoms with Crippen molar-refractivity contribution in [3.05, 3.63) is 84.4 Å². The van der Waals surface area contributed by atoms with Crippen molar-refractivity contribution in [2.75, 3.05) is 29.9 Å². The Labute approximate surface area is 192 Å². The molecule has 0 atom stereocenters. The Morgan fingerprint density at radius 3 is 2.27 bits per heavy atom. The van der Waals surface area contributed by atoms with Gasteiger partial charge in [-0.1, -0.05) is 24.3 Å². The van der Waals surface area contributed by atoms with Crippen molar-refractivity contribution >= 4 is 33.3 Å². The Hall–Kier alpha value is -3.85. The van der Waals surface area contributed by atoms with Crippen molar-refractivity contribution in [2.45, 2.75) is 11.8 Å². The Morgan fingerprint density at radius 1 is 0.939 bits per heavy atom. The predicted molar refractivity (Wildman–Crippen MR) is 125 cm³/mol. The van der Waals surface area contributed by atoms with Crippen LogP contribution in [0.15, 0.2) is 83.8 Å². The number of hydrogen-bond acceptors (Lipinski definition) is 6. The molecule has 33 heavy (non-hydrogen) atoms. The SMILES string of the molecule is CCN(C(=O)COC(=O)c1cccc(S(=O)(=O)Nc2ccc(OC)cc2)c1)c1ccccc1. The van der Waals surface area contributed by atoms with Crippen molar-refractivity contribution in [1.29, 1.82) is 0 Å². The zero-order valence-corrected chi connectivity index (χ0v) is 19.0. The van der Waals surface area contributed by atoms with Gasteiger partial charge >= 0.3 is 5.97 Å². The van der Waals surface area contributed by atoms with Gasteiger partial charge in [-0.15, -0.1) is 0 Å². The molecule has 0 heterocycles. The van der Waals surface area contributed by atoms with Gasteiger partial charge in [0.05, 0.1) is 17.6 Å². The van der Waals surface area contributed by atoms with Gasteiger partial charge in [-0.05, 0) is 61.5 Å². The minimum Gasteiger partial charge on any atom is -0.497 e. The first-order valence-electron chi connectivity index (χ1n) is 10.1. The number of ether oxygens (including phenoxy) is 2. The molecule has 0 bridgehead atoms. The molecule has 0 aliphatic heterocycles. The van der Waals surface area contributed by atoms with Crippen LogP contribution in [-0.2, 0) is 19.6 Å². The van der Waals surface area contributed by atoms with Crippen LogP contribution >= 0.6 is 0 Å². The molecule has 172 valence electrons. The molecule has 0 spiro atoms. The zero-order chi connectivity index (χ0) is 23.8. The molecule has 0 aliphatic carbocycles. The van der Waals surface area contributed by atoms with Crippen LogP contribution in [0.25, 0.3) is 0 Å². The van der Waals surface area contributed by atoms with E-state index in [1.807, 2.05) is 25.1 Å². The van der Waals surface area contributed by atoms with Crippen LogP contribution in [0.2, 0.25) is 0 Å². The molecule has 8 nitrogen and oxygen atoms in total. The normalized spacial score (nSPS) is 10.8. The minimum atomic E-state index is -3.95. The van der Waals surface area contributed by atoms with E-state index in [0.29, 0.717) is 23.7 Å². The number of methoxy groups -OCH3 is 1. The number of nitrogens with zero attached hydrogens (tertiary/aromatic N) is 1. The van der Waals surface area contributed by atoms with E-state index in [9.17, 15) is 18.0 Å². The summed E-state index contributed by atoms with van der Waals surface area (Å²) in [7, 11) is -2.43. The lowest BCUT2D eigenvalue weighted by atomic mass is 10.2. The van der Waals surface area contributed by atoms with Crippen LogP contribution in [0.1, 0.15) is 17.3 Å². The molecule has 0 fully saturated rings. The summed E-state index contributed by atoms with van der Waals surface area (Å²) in [4.78, 5) is 26.4. The number of esters is 1. The number of carbonyl (C=O) groups is 2. The number of rotatable bonds is 9. The molecular formula is C24H24N2O6S. The van der Waals surface area contributed by atoms with E-state index in [1.54, 1.807) is 36.4 Å². The van der Waals surface area contributed by atoms with Gasteiger partial charge in [0.1, 0.15) is 5.75 Å². The quantitative estimate of drug-likeness (QED) is 0.481. The highest BCUT2D eigenvalue weighted by atomic mass is 32.2. The van der Waals surface area contributed by atoms with E-state index >= 15 is 0 Å². The number of likely N-dealkylation sites (N-methyl/N-ethyl adjacent to an activating group) is 1. The fourth-order valence-corrected chi connectivity index (χ4v) is 4.17. The maximum absolute atomic E-state index is 12.7. The number of anilines is 2. The second kappa shape index (κ2) is 10.6. The lowest BCUT2D eigenvalue weighted by Crippen LogP contribution is -2.34. The highest BCUT2D eigenvalue weighted by molar-refractivity contribution is 7.92. The Kier molecular flexibility index (Phi) is 7.68. The highest BCUT2D eigenvalue weighted by Gasteiger charge is 2.19. The summed E-state index contributed by atoms with van der Waals surface area (Å²) in [5.41, 5.74) is 1.05. The van der Waals surface area contributed by atoms with Crippen molar-refractivity contribution in [2.24, 2.45) is 0 Å². The lowest BCUT2D eigenvalue weighted by Gasteiger charge is -2.20. The molecule has 9 heteroatoms. The third kappa shape index (κ3) is 6.11. The summed E-state index contributed by atoms with van der Waals surface area (Å²) in [6, 6.07) is 20.8. The molecule has 3 aromatic carbocycles. The van der Waals surface area contributed by atoms with E-state index in [-0.39, 0.29) is 16.4 Å². The first-order chi connectivity index (χ1) is 15.8. The average Bonchev–Trinajstić information content (AvgIpc) is 2.84. The summed E-state index contributed by atoms with van der Waals surface area (Å²) in [6.07, 6.45) is 0. The van der Waals surface area contributed by atoms with Crippen LogP contribution in [0.5, 0.6) is 5.75 Å². The van der Waals surface area contributed by atoms with Gasteiger partial charge in [-0.3, -0.25) is 9.52 Å². The molecule has 0 radical (unpaired) electrons. The molecule has 3 rings (SSSR count).